The van der Waals surface area contributed by atoms with E-state index < -0.39 is 0 Å². The Morgan fingerprint density at radius 2 is 2.14 bits per heavy atom. The Kier molecular flexibility index (Phi) is 5.14. The van der Waals surface area contributed by atoms with E-state index >= 15 is 0 Å². The Balaban J connectivity index is 2.91. The lowest BCUT2D eigenvalue weighted by atomic mass is 10.3. The van der Waals surface area contributed by atoms with Gasteiger partial charge in [-0.05, 0) is 6.42 Å². The van der Waals surface area contributed by atoms with E-state index in [9.17, 15) is 5.11 Å². The van der Waals surface area contributed by atoms with Crippen molar-refractivity contribution in [3.05, 3.63) is 0 Å². The summed E-state index contributed by atoms with van der Waals surface area (Å²) < 4.78 is 0. The zero-order valence-corrected chi connectivity index (χ0v) is 4.53. The van der Waals surface area contributed by atoms with E-state index in [2.05, 4.69) is 11.8 Å². The molecule has 1 radical (unpaired) electrons. The van der Waals surface area contributed by atoms with Crippen LogP contribution >= 0.6 is 0 Å². The summed E-state index contributed by atoms with van der Waals surface area (Å²) in [6.07, 6.45) is 1.91. The largest absolute Gasteiger partial charge is 0.223 e. The maximum Gasteiger partial charge on any atom is 0.143 e. The first-order valence-corrected chi connectivity index (χ1v) is 2.45. The number of unbranched alkanes of at least 4 members (excludes halogenated alkanes) is 1. The van der Waals surface area contributed by atoms with Crippen molar-refractivity contribution >= 4 is 0 Å². The molecular formula is C6H9O. The molecule has 0 rings (SSSR count). The first kappa shape index (κ1) is 6.52. The highest BCUT2D eigenvalue weighted by Crippen LogP contribution is 1.79. The molecule has 0 heterocycles. The molecule has 0 spiro atoms. The molecule has 0 unspecified atom stereocenters. The van der Waals surface area contributed by atoms with Crippen LogP contribution in [0.15, 0.2) is 0 Å². The van der Waals surface area contributed by atoms with Crippen LogP contribution in [0.1, 0.15) is 19.8 Å². The Bertz CT molecular complexity index is 75.9. The van der Waals surface area contributed by atoms with Crippen molar-refractivity contribution < 1.29 is 5.11 Å². The van der Waals surface area contributed by atoms with E-state index in [1.165, 1.54) is 0 Å². The molecule has 0 aliphatic carbocycles. The van der Waals surface area contributed by atoms with Gasteiger partial charge in [-0.2, -0.15) is 0 Å². The smallest absolute Gasteiger partial charge is 0.143 e. The van der Waals surface area contributed by atoms with Crippen LogP contribution in [-0.2, 0) is 5.11 Å². The monoisotopic (exact) mass is 97.1 g/mol. The fourth-order valence-corrected chi connectivity index (χ4v) is 0.264. The molecule has 0 fully saturated rings. The lowest BCUT2D eigenvalue weighted by Crippen LogP contribution is -1.67. The Morgan fingerprint density at radius 3 is 2.57 bits per heavy atom. The van der Waals surface area contributed by atoms with E-state index in [0.29, 0.717) is 0 Å². The van der Waals surface area contributed by atoms with Crippen LogP contribution < -0.4 is 0 Å². The third-order valence-corrected chi connectivity index (χ3v) is 0.572. The average Bonchev–Trinajstić information content (AvgIpc) is 1.69. The molecule has 0 saturated heterocycles. The van der Waals surface area contributed by atoms with Gasteiger partial charge in [0.2, 0.25) is 0 Å². The fourth-order valence-electron chi connectivity index (χ4n) is 0.264. The maximum absolute atomic E-state index is 9.63. The average molecular weight is 97.1 g/mol. The van der Waals surface area contributed by atoms with Crippen LogP contribution in [-0.4, -0.2) is 6.61 Å². The summed E-state index contributed by atoms with van der Waals surface area (Å²) >= 11 is 0. The topological polar surface area (TPSA) is 19.9 Å². The second-order valence-electron chi connectivity index (χ2n) is 1.25. The van der Waals surface area contributed by atoms with Gasteiger partial charge in [0.15, 0.2) is 0 Å². The van der Waals surface area contributed by atoms with Crippen LogP contribution in [0.3, 0.4) is 0 Å². The summed E-state index contributed by atoms with van der Waals surface area (Å²) in [6.45, 7) is 1.79. The van der Waals surface area contributed by atoms with Gasteiger partial charge < -0.3 is 0 Å². The molecular weight excluding hydrogens is 88.1 g/mol. The van der Waals surface area contributed by atoms with Gasteiger partial charge in [0.1, 0.15) is 6.61 Å². The van der Waals surface area contributed by atoms with Gasteiger partial charge in [-0.15, -0.1) is 5.92 Å². The van der Waals surface area contributed by atoms with E-state index in [4.69, 9.17) is 0 Å². The SMILES string of the molecule is CCCC#CC[O]. The van der Waals surface area contributed by atoms with Crippen molar-refractivity contribution in [1.29, 1.82) is 0 Å². The van der Waals surface area contributed by atoms with Crippen molar-refractivity contribution in [3.63, 3.8) is 0 Å². The van der Waals surface area contributed by atoms with Crippen LogP contribution in [0.4, 0.5) is 0 Å². The predicted molar refractivity (Wildman–Crippen MR) is 28.2 cm³/mol. The Labute approximate surface area is 44.4 Å². The first-order chi connectivity index (χ1) is 3.41. The summed E-state index contributed by atoms with van der Waals surface area (Å²) in [5, 5.41) is 9.63. The summed E-state index contributed by atoms with van der Waals surface area (Å²) in [5.41, 5.74) is 0. The molecule has 0 aromatic heterocycles. The van der Waals surface area contributed by atoms with Crippen molar-refractivity contribution in [1.82, 2.24) is 0 Å². The molecule has 0 aromatic rings. The fraction of sp³-hybridized carbons (Fsp3) is 0.667. The van der Waals surface area contributed by atoms with E-state index in [1.807, 2.05) is 6.92 Å². The van der Waals surface area contributed by atoms with Crippen molar-refractivity contribution in [2.75, 3.05) is 6.61 Å². The van der Waals surface area contributed by atoms with Gasteiger partial charge in [0, 0.05) is 6.42 Å². The summed E-state index contributed by atoms with van der Waals surface area (Å²) in [7, 11) is 0. The molecule has 0 atom stereocenters. The summed E-state index contributed by atoms with van der Waals surface area (Å²) in [6, 6.07) is 0. The number of hydrogen-bond donors (Lipinski definition) is 0. The zero-order chi connectivity index (χ0) is 5.54. The molecule has 7 heavy (non-hydrogen) atoms. The van der Waals surface area contributed by atoms with Gasteiger partial charge in [0.05, 0.1) is 0 Å². The predicted octanol–water partition coefficient (Wildman–Crippen LogP) is 1.22. The maximum atomic E-state index is 9.63. The molecule has 0 bridgehead atoms. The third kappa shape index (κ3) is 5.52. The second kappa shape index (κ2) is 5.52. The minimum absolute atomic E-state index is 0.250. The van der Waals surface area contributed by atoms with Crippen molar-refractivity contribution in [2.45, 2.75) is 19.8 Å². The quantitative estimate of drug-likeness (QED) is 0.438. The molecule has 0 aliphatic rings. The first-order valence-electron chi connectivity index (χ1n) is 2.45. The molecule has 1 heteroatoms. The van der Waals surface area contributed by atoms with Gasteiger partial charge >= 0.3 is 0 Å². The summed E-state index contributed by atoms with van der Waals surface area (Å²) in [4.78, 5) is 0. The van der Waals surface area contributed by atoms with E-state index in [-0.39, 0.29) is 6.61 Å². The van der Waals surface area contributed by atoms with E-state index in [1.54, 1.807) is 0 Å². The van der Waals surface area contributed by atoms with Gasteiger partial charge in [-0.3, -0.25) is 0 Å². The molecule has 0 aliphatic heterocycles. The minimum atomic E-state index is -0.250. The van der Waals surface area contributed by atoms with Crippen LogP contribution in [0, 0.1) is 11.8 Å². The molecule has 0 amide bonds. The Morgan fingerprint density at radius 1 is 1.43 bits per heavy atom. The molecule has 0 aromatic carbocycles. The summed E-state index contributed by atoms with van der Waals surface area (Å²) in [5.74, 6) is 5.17. The van der Waals surface area contributed by atoms with Crippen LogP contribution in [0.2, 0.25) is 0 Å². The Hall–Kier alpha value is -0.480. The third-order valence-electron chi connectivity index (χ3n) is 0.572. The van der Waals surface area contributed by atoms with Crippen LogP contribution in [0.5, 0.6) is 0 Å². The van der Waals surface area contributed by atoms with E-state index in [0.717, 1.165) is 12.8 Å². The molecule has 0 N–H and O–H groups in total. The van der Waals surface area contributed by atoms with Crippen molar-refractivity contribution in [3.8, 4) is 11.8 Å². The molecule has 39 valence electrons. The molecule has 1 nitrogen and oxygen atoms in total. The van der Waals surface area contributed by atoms with Crippen molar-refractivity contribution in [2.24, 2.45) is 0 Å². The number of hydrogen-bond acceptors (Lipinski definition) is 0. The lowest BCUT2D eigenvalue weighted by Gasteiger charge is -1.73. The highest BCUT2D eigenvalue weighted by Gasteiger charge is 1.67. The van der Waals surface area contributed by atoms with Gasteiger partial charge in [-0.1, -0.05) is 12.8 Å². The highest BCUT2D eigenvalue weighted by atomic mass is 16.2. The van der Waals surface area contributed by atoms with Gasteiger partial charge in [-0.25, -0.2) is 5.11 Å². The second-order valence-corrected chi connectivity index (χ2v) is 1.25. The van der Waals surface area contributed by atoms with Gasteiger partial charge in [0.25, 0.3) is 0 Å². The van der Waals surface area contributed by atoms with Crippen LogP contribution in [0.25, 0.3) is 0 Å². The lowest BCUT2D eigenvalue weighted by molar-refractivity contribution is 0.239. The minimum Gasteiger partial charge on any atom is -0.223 e. The highest BCUT2D eigenvalue weighted by molar-refractivity contribution is 4.97. The number of rotatable bonds is 1. The standard InChI is InChI=1S/C6H9O/c1-2-3-4-5-6-7/h2-3,6H2,1H3. The molecule has 0 saturated carbocycles. The normalized spacial score (nSPS) is 7.14. The zero-order valence-electron chi connectivity index (χ0n) is 4.53.